The molecule has 0 heterocycles. The van der Waals surface area contributed by atoms with Crippen molar-refractivity contribution in [3.8, 4) is 0 Å². The first-order valence-corrected chi connectivity index (χ1v) is 6.35. The van der Waals surface area contributed by atoms with Crippen LogP contribution in [0.4, 0.5) is 11.4 Å². The number of anilines is 2. The zero-order chi connectivity index (χ0) is 14.0. The number of hydrogen-bond acceptors (Lipinski definition) is 2. The molecule has 98 valence electrons. The van der Waals surface area contributed by atoms with E-state index in [1.54, 1.807) is 0 Å². The fourth-order valence-electron chi connectivity index (χ4n) is 1.64. The molecule has 19 heavy (non-hydrogen) atoms. The molecule has 3 nitrogen and oxygen atoms in total. The average molecular weight is 295 g/mol. The van der Waals surface area contributed by atoms with E-state index in [1.807, 2.05) is 31.2 Å². The Morgan fingerprint density at radius 2 is 1.79 bits per heavy atom. The molecule has 2 aromatic carbocycles. The number of nitrogens with one attached hydrogen (secondary N) is 1. The lowest BCUT2D eigenvalue weighted by molar-refractivity contribution is 0.102. The van der Waals surface area contributed by atoms with Crippen LogP contribution in [0.1, 0.15) is 15.9 Å². The maximum Gasteiger partial charge on any atom is 0.255 e. The lowest BCUT2D eigenvalue weighted by Crippen LogP contribution is -2.12. The Bertz CT molecular complexity index is 618. The molecule has 3 N–H and O–H groups in total. The van der Waals surface area contributed by atoms with Crippen LogP contribution < -0.4 is 11.1 Å². The van der Waals surface area contributed by atoms with E-state index in [9.17, 15) is 4.79 Å². The van der Waals surface area contributed by atoms with Crippen LogP contribution >= 0.6 is 23.2 Å². The van der Waals surface area contributed by atoms with Gasteiger partial charge in [0.25, 0.3) is 5.91 Å². The van der Waals surface area contributed by atoms with Crippen molar-refractivity contribution in [1.29, 1.82) is 0 Å². The van der Waals surface area contributed by atoms with Crippen molar-refractivity contribution in [2.75, 3.05) is 11.1 Å². The summed E-state index contributed by atoms with van der Waals surface area (Å²) in [5.41, 5.74) is 8.05. The highest BCUT2D eigenvalue weighted by molar-refractivity contribution is 6.39. The molecule has 2 aromatic rings. The van der Waals surface area contributed by atoms with Gasteiger partial charge in [-0.05, 0) is 36.8 Å². The highest BCUT2D eigenvalue weighted by Crippen LogP contribution is 2.29. The molecule has 0 saturated heterocycles. The molecule has 0 atom stereocenters. The van der Waals surface area contributed by atoms with Crippen LogP contribution in [0.25, 0.3) is 0 Å². The molecule has 5 heteroatoms. The molecule has 0 fully saturated rings. The number of halogens is 2. The van der Waals surface area contributed by atoms with Gasteiger partial charge in [-0.25, -0.2) is 0 Å². The number of carbonyl (C=O) groups is 1. The third kappa shape index (κ3) is 3.19. The monoisotopic (exact) mass is 294 g/mol. The van der Waals surface area contributed by atoms with Gasteiger partial charge in [0.2, 0.25) is 0 Å². The molecule has 0 saturated carbocycles. The van der Waals surface area contributed by atoms with Gasteiger partial charge in [0, 0.05) is 11.3 Å². The second kappa shape index (κ2) is 5.51. The molecule has 0 radical (unpaired) electrons. The minimum Gasteiger partial charge on any atom is -0.396 e. The fraction of sp³-hybridized carbons (Fsp3) is 0.0714. The summed E-state index contributed by atoms with van der Waals surface area (Å²) < 4.78 is 0. The van der Waals surface area contributed by atoms with Crippen LogP contribution in [0.2, 0.25) is 10.0 Å². The van der Waals surface area contributed by atoms with E-state index in [0.717, 1.165) is 5.56 Å². The maximum absolute atomic E-state index is 12.1. The number of hydrogen-bond donors (Lipinski definition) is 2. The molecule has 0 aliphatic rings. The van der Waals surface area contributed by atoms with Gasteiger partial charge >= 0.3 is 0 Å². The van der Waals surface area contributed by atoms with Crippen LogP contribution in [-0.2, 0) is 0 Å². The van der Waals surface area contributed by atoms with E-state index in [4.69, 9.17) is 28.9 Å². The second-order valence-electron chi connectivity index (χ2n) is 4.18. The van der Waals surface area contributed by atoms with Crippen LogP contribution in [0.3, 0.4) is 0 Å². The first-order valence-electron chi connectivity index (χ1n) is 5.60. The number of benzene rings is 2. The summed E-state index contributed by atoms with van der Waals surface area (Å²) in [7, 11) is 0. The predicted molar refractivity (Wildman–Crippen MR) is 80.0 cm³/mol. The second-order valence-corrected chi connectivity index (χ2v) is 4.99. The number of carbonyl (C=O) groups excluding carboxylic acids is 1. The van der Waals surface area contributed by atoms with Crippen LogP contribution in [0.15, 0.2) is 36.4 Å². The highest BCUT2D eigenvalue weighted by Gasteiger charge is 2.11. The van der Waals surface area contributed by atoms with Gasteiger partial charge < -0.3 is 11.1 Å². The van der Waals surface area contributed by atoms with Crippen LogP contribution in [0, 0.1) is 6.92 Å². The Labute approximate surface area is 121 Å². The van der Waals surface area contributed by atoms with Crippen molar-refractivity contribution in [1.82, 2.24) is 0 Å². The molecule has 0 aliphatic carbocycles. The third-order valence-corrected chi connectivity index (χ3v) is 3.24. The van der Waals surface area contributed by atoms with Crippen molar-refractivity contribution >= 4 is 40.5 Å². The molecule has 2 rings (SSSR count). The molecule has 0 aliphatic heterocycles. The first-order chi connectivity index (χ1) is 8.97. The van der Waals surface area contributed by atoms with Gasteiger partial charge in [0.1, 0.15) is 0 Å². The Kier molecular flexibility index (Phi) is 3.98. The quantitative estimate of drug-likeness (QED) is 0.818. The molecule has 0 spiro atoms. The zero-order valence-electron chi connectivity index (χ0n) is 10.2. The minimum atomic E-state index is -0.283. The van der Waals surface area contributed by atoms with E-state index >= 15 is 0 Å². The summed E-state index contributed by atoms with van der Waals surface area (Å²) in [6, 6.07) is 10.5. The van der Waals surface area contributed by atoms with E-state index < -0.39 is 0 Å². The minimum absolute atomic E-state index is 0.266. The number of rotatable bonds is 2. The third-order valence-electron chi connectivity index (χ3n) is 2.62. The van der Waals surface area contributed by atoms with E-state index in [2.05, 4.69) is 5.32 Å². The first kappa shape index (κ1) is 13.7. The number of amides is 1. The molecule has 0 bridgehead atoms. The van der Waals surface area contributed by atoms with Crippen molar-refractivity contribution in [2.45, 2.75) is 6.92 Å². The molecule has 0 unspecified atom stereocenters. The van der Waals surface area contributed by atoms with Crippen molar-refractivity contribution in [2.24, 2.45) is 0 Å². The smallest absolute Gasteiger partial charge is 0.255 e. The average Bonchev–Trinajstić information content (AvgIpc) is 2.35. The van der Waals surface area contributed by atoms with Gasteiger partial charge in [0.05, 0.1) is 15.7 Å². The fourth-order valence-corrected chi connectivity index (χ4v) is 2.13. The molecule has 1 amide bonds. The van der Waals surface area contributed by atoms with Gasteiger partial charge in [-0.1, -0.05) is 35.3 Å². The Balaban J connectivity index is 2.25. The topological polar surface area (TPSA) is 55.1 Å². The zero-order valence-corrected chi connectivity index (χ0v) is 11.7. The number of aryl methyl sites for hydroxylation is 1. The van der Waals surface area contributed by atoms with E-state index in [0.29, 0.717) is 11.3 Å². The van der Waals surface area contributed by atoms with Gasteiger partial charge in [-0.2, -0.15) is 0 Å². The van der Waals surface area contributed by atoms with Crippen LogP contribution in [0.5, 0.6) is 0 Å². The van der Waals surface area contributed by atoms with Gasteiger partial charge in [-0.15, -0.1) is 0 Å². The SMILES string of the molecule is Cc1cccc(NC(=O)c2cc(Cl)c(N)c(Cl)c2)c1. The van der Waals surface area contributed by atoms with Crippen molar-refractivity contribution < 1.29 is 4.79 Å². The molecular weight excluding hydrogens is 283 g/mol. The lowest BCUT2D eigenvalue weighted by Gasteiger charge is -2.08. The van der Waals surface area contributed by atoms with Crippen molar-refractivity contribution in [3.63, 3.8) is 0 Å². The van der Waals surface area contributed by atoms with E-state index in [1.165, 1.54) is 12.1 Å². The summed E-state index contributed by atoms with van der Waals surface area (Å²) in [6.45, 7) is 1.95. The standard InChI is InChI=1S/C14H12Cl2N2O/c1-8-3-2-4-10(5-8)18-14(19)9-6-11(15)13(17)12(16)7-9/h2-7H,17H2,1H3,(H,18,19). The molecular formula is C14H12Cl2N2O. The Morgan fingerprint density at radius 3 is 2.37 bits per heavy atom. The number of nitrogen functional groups attached to an aromatic ring is 1. The summed E-state index contributed by atoms with van der Waals surface area (Å²) in [4.78, 5) is 12.1. The van der Waals surface area contributed by atoms with Gasteiger partial charge in [-0.3, -0.25) is 4.79 Å². The number of nitrogens with two attached hydrogens (primary N) is 1. The van der Waals surface area contributed by atoms with Gasteiger partial charge in [0.15, 0.2) is 0 Å². The van der Waals surface area contributed by atoms with Crippen molar-refractivity contribution in [3.05, 3.63) is 57.6 Å². The normalized spacial score (nSPS) is 10.3. The van der Waals surface area contributed by atoms with Crippen LogP contribution in [-0.4, -0.2) is 5.91 Å². The summed E-state index contributed by atoms with van der Waals surface area (Å²) >= 11 is 11.8. The Hall–Kier alpha value is -1.71. The Morgan fingerprint density at radius 1 is 1.16 bits per heavy atom. The highest BCUT2D eigenvalue weighted by atomic mass is 35.5. The maximum atomic E-state index is 12.1. The largest absolute Gasteiger partial charge is 0.396 e. The summed E-state index contributed by atoms with van der Waals surface area (Å²) in [5, 5.41) is 3.31. The summed E-state index contributed by atoms with van der Waals surface area (Å²) in [6.07, 6.45) is 0. The van der Waals surface area contributed by atoms with E-state index in [-0.39, 0.29) is 21.6 Å². The predicted octanol–water partition coefficient (Wildman–Crippen LogP) is 4.14. The lowest BCUT2D eigenvalue weighted by atomic mass is 10.1. The summed E-state index contributed by atoms with van der Waals surface area (Å²) in [5.74, 6) is -0.283. The molecule has 0 aromatic heterocycles.